The Morgan fingerprint density at radius 3 is 2.50 bits per heavy atom. The van der Waals surface area contributed by atoms with Crippen molar-refractivity contribution in [3.63, 3.8) is 0 Å². The number of carbonyl (C=O) groups excluding carboxylic acids is 3. The van der Waals surface area contributed by atoms with Gasteiger partial charge < -0.3 is 14.2 Å². The first kappa shape index (κ1) is 23.9. The number of rotatable bonds is 8. The summed E-state index contributed by atoms with van der Waals surface area (Å²) in [6.45, 7) is 4.11. The van der Waals surface area contributed by atoms with E-state index in [1.165, 1.54) is 14.0 Å². The largest absolute Gasteiger partial charge is 0.490 e. The molecule has 1 atom stereocenters. The van der Waals surface area contributed by atoms with E-state index in [2.05, 4.69) is 20.7 Å². The van der Waals surface area contributed by atoms with Crippen molar-refractivity contribution in [2.45, 2.75) is 26.5 Å². The van der Waals surface area contributed by atoms with Crippen molar-refractivity contribution in [2.75, 3.05) is 13.7 Å². The van der Waals surface area contributed by atoms with Gasteiger partial charge in [0.2, 0.25) is 0 Å². The van der Waals surface area contributed by atoms with E-state index >= 15 is 0 Å². The number of esters is 1. The number of carbonyl (C=O) groups is 3. The Hall–Kier alpha value is -2.78. The number of imide groups is 1. The second-order valence-corrected chi connectivity index (χ2v) is 8.63. The van der Waals surface area contributed by atoms with Gasteiger partial charge in [-0.3, -0.25) is 14.5 Å². The molecule has 0 aliphatic carbocycles. The highest BCUT2D eigenvalue weighted by Crippen LogP contribution is 2.39. The van der Waals surface area contributed by atoms with Crippen LogP contribution in [0.3, 0.4) is 0 Å². The first-order chi connectivity index (χ1) is 15.3. The molecule has 2 aromatic rings. The molecule has 168 valence electrons. The molecule has 1 heterocycles. The minimum atomic E-state index is -1.01. The number of methoxy groups -OCH3 is 1. The normalized spacial score (nSPS) is 15.8. The van der Waals surface area contributed by atoms with Gasteiger partial charge in [0.15, 0.2) is 11.5 Å². The highest BCUT2D eigenvalue weighted by molar-refractivity contribution is 9.10. The van der Waals surface area contributed by atoms with E-state index in [0.717, 1.165) is 22.2 Å². The highest BCUT2D eigenvalue weighted by Gasteiger charge is 2.41. The molecule has 0 bridgehead atoms. The average molecular weight is 520 g/mol. The van der Waals surface area contributed by atoms with Gasteiger partial charge in [0.25, 0.3) is 11.1 Å². The van der Waals surface area contributed by atoms with Crippen molar-refractivity contribution in [3.8, 4) is 11.5 Å². The summed E-state index contributed by atoms with van der Waals surface area (Å²) < 4.78 is 17.0. The predicted octanol–water partition coefficient (Wildman–Crippen LogP) is 5.02. The van der Waals surface area contributed by atoms with Crippen LogP contribution in [-0.2, 0) is 20.9 Å². The van der Waals surface area contributed by atoms with E-state index in [9.17, 15) is 14.4 Å². The topological polar surface area (TPSA) is 82.1 Å². The van der Waals surface area contributed by atoms with Gasteiger partial charge in [0.05, 0.1) is 18.6 Å². The molecule has 32 heavy (non-hydrogen) atoms. The zero-order valence-electron chi connectivity index (χ0n) is 17.8. The quantitative estimate of drug-likeness (QED) is 0.357. The van der Waals surface area contributed by atoms with Gasteiger partial charge in [-0.05, 0) is 54.9 Å². The third kappa shape index (κ3) is 5.34. The molecule has 0 radical (unpaired) electrons. The molecule has 2 amide bonds. The van der Waals surface area contributed by atoms with Crippen molar-refractivity contribution in [1.29, 1.82) is 0 Å². The summed E-state index contributed by atoms with van der Waals surface area (Å²) >= 11 is 4.28. The Kier molecular flexibility index (Phi) is 7.98. The SMILES string of the molecule is CCOc1cc(/C=C2/SC(=O)N([C@@H](C)C(=O)OC)C2=O)c(Br)cc1OCc1ccccc1. The number of ether oxygens (including phenoxy) is 3. The molecular weight excluding hydrogens is 498 g/mol. The maximum absolute atomic E-state index is 12.8. The molecule has 0 saturated carbocycles. The molecule has 0 N–H and O–H groups in total. The average Bonchev–Trinajstić information content (AvgIpc) is 3.07. The summed E-state index contributed by atoms with van der Waals surface area (Å²) in [4.78, 5) is 38.0. The van der Waals surface area contributed by atoms with Gasteiger partial charge >= 0.3 is 5.97 Å². The Bertz CT molecular complexity index is 1060. The molecule has 3 rings (SSSR count). The van der Waals surface area contributed by atoms with Gasteiger partial charge in [-0.15, -0.1) is 0 Å². The lowest BCUT2D eigenvalue weighted by molar-refractivity contribution is -0.148. The van der Waals surface area contributed by atoms with Crippen molar-refractivity contribution in [2.24, 2.45) is 0 Å². The van der Waals surface area contributed by atoms with Crippen LogP contribution in [0.1, 0.15) is 25.0 Å². The van der Waals surface area contributed by atoms with E-state index in [4.69, 9.17) is 9.47 Å². The Balaban J connectivity index is 1.87. The van der Waals surface area contributed by atoms with Crippen molar-refractivity contribution >= 4 is 50.9 Å². The number of nitrogens with zero attached hydrogens (tertiary/aromatic N) is 1. The molecule has 9 heteroatoms. The number of hydrogen-bond acceptors (Lipinski definition) is 7. The summed E-state index contributed by atoms with van der Waals surface area (Å²) in [5.74, 6) is -0.146. The second-order valence-electron chi connectivity index (χ2n) is 6.78. The fraction of sp³-hybridized carbons (Fsp3) is 0.261. The van der Waals surface area contributed by atoms with Crippen LogP contribution in [-0.4, -0.2) is 41.8 Å². The lowest BCUT2D eigenvalue weighted by Crippen LogP contribution is -2.42. The van der Waals surface area contributed by atoms with Crippen molar-refractivity contribution in [3.05, 3.63) is 63.0 Å². The van der Waals surface area contributed by atoms with E-state index in [-0.39, 0.29) is 4.91 Å². The zero-order valence-corrected chi connectivity index (χ0v) is 20.2. The minimum Gasteiger partial charge on any atom is -0.490 e. The summed E-state index contributed by atoms with van der Waals surface area (Å²) in [5.41, 5.74) is 1.65. The van der Waals surface area contributed by atoms with Gasteiger partial charge in [0.1, 0.15) is 12.6 Å². The second kappa shape index (κ2) is 10.7. The molecular formula is C23H22BrNO6S. The monoisotopic (exact) mass is 519 g/mol. The highest BCUT2D eigenvalue weighted by atomic mass is 79.9. The molecule has 7 nitrogen and oxygen atoms in total. The van der Waals surface area contributed by atoms with E-state index < -0.39 is 23.2 Å². The Labute approximate surface area is 198 Å². The molecule has 0 aromatic heterocycles. The molecule has 1 fully saturated rings. The first-order valence-electron chi connectivity index (χ1n) is 9.83. The lowest BCUT2D eigenvalue weighted by Gasteiger charge is -2.18. The van der Waals surface area contributed by atoms with Crippen molar-refractivity contribution in [1.82, 2.24) is 4.90 Å². The van der Waals surface area contributed by atoms with Crippen LogP contribution in [0.4, 0.5) is 4.79 Å². The van der Waals surface area contributed by atoms with Crippen LogP contribution in [0, 0.1) is 0 Å². The molecule has 1 aliphatic heterocycles. The third-order valence-corrected chi connectivity index (χ3v) is 6.21. The van der Waals surface area contributed by atoms with Gasteiger partial charge in [-0.1, -0.05) is 46.3 Å². The summed E-state index contributed by atoms with van der Waals surface area (Å²) in [6.07, 6.45) is 1.59. The van der Waals surface area contributed by atoms with Crippen LogP contribution in [0.25, 0.3) is 6.08 Å². The first-order valence-corrected chi connectivity index (χ1v) is 11.4. The van der Waals surface area contributed by atoms with Gasteiger partial charge in [0, 0.05) is 4.47 Å². The molecule has 0 unspecified atom stereocenters. The van der Waals surface area contributed by atoms with Crippen LogP contribution in [0.2, 0.25) is 0 Å². The summed E-state index contributed by atoms with van der Waals surface area (Å²) in [6, 6.07) is 12.3. The number of thioether (sulfide) groups is 1. The van der Waals surface area contributed by atoms with Gasteiger partial charge in [-0.25, -0.2) is 4.79 Å². The summed E-state index contributed by atoms with van der Waals surface area (Å²) in [7, 11) is 1.21. The summed E-state index contributed by atoms with van der Waals surface area (Å²) in [5, 5.41) is -0.525. The molecule has 2 aromatic carbocycles. The van der Waals surface area contributed by atoms with E-state index in [1.54, 1.807) is 18.2 Å². The third-order valence-electron chi connectivity index (χ3n) is 4.64. The van der Waals surface area contributed by atoms with Crippen molar-refractivity contribution < 1.29 is 28.6 Å². The fourth-order valence-electron chi connectivity index (χ4n) is 3.01. The number of halogens is 1. The maximum Gasteiger partial charge on any atom is 0.328 e. The standard InChI is InChI=1S/C23H22BrNO6S/c1-4-30-18-10-16(17(24)12-19(18)31-13-15-8-6-5-7-9-15)11-20-21(26)25(23(28)32-20)14(2)22(27)29-3/h5-12,14H,4,13H2,1-3H3/b20-11+/t14-/m0/s1. The van der Waals surface area contributed by atoms with Crippen LogP contribution < -0.4 is 9.47 Å². The Morgan fingerprint density at radius 1 is 1.16 bits per heavy atom. The number of amides is 2. The van der Waals surface area contributed by atoms with Crippen LogP contribution in [0.15, 0.2) is 51.8 Å². The Morgan fingerprint density at radius 2 is 1.84 bits per heavy atom. The molecule has 1 aliphatic rings. The van der Waals surface area contributed by atoms with Crippen LogP contribution >= 0.6 is 27.7 Å². The smallest absolute Gasteiger partial charge is 0.328 e. The molecule has 0 spiro atoms. The fourth-order valence-corrected chi connectivity index (χ4v) is 4.34. The number of benzene rings is 2. The zero-order chi connectivity index (χ0) is 23.3. The predicted molar refractivity (Wildman–Crippen MR) is 125 cm³/mol. The van der Waals surface area contributed by atoms with Gasteiger partial charge in [-0.2, -0.15) is 0 Å². The van der Waals surface area contributed by atoms with Crippen LogP contribution in [0.5, 0.6) is 11.5 Å². The maximum atomic E-state index is 12.8. The van der Waals surface area contributed by atoms with E-state index in [1.807, 2.05) is 37.3 Å². The van der Waals surface area contributed by atoms with E-state index in [0.29, 0.717) is 34.7 Å². The minimum absolute atomic E-state index is 0.201. The number of hydrogen-bond donors (Lipinski definition) is 0. The lowest BCUT2D eigenvalue weighted by atomic mass is 10.1. The molecule has 1 saturated heterocycles.